The lowest BCUT2D eigenvalue weighted by Crippen LogP contribution is -3.11. The van der Waals surface area contributed by atoms with Gasteiger partial charge < -0.3 is 14.2 Å². The Labute approximate surface area is 185 Å². The molecule has 7 heteroatoms. The Morgan fingerprint density at radius 2 is 1.87 bits per heavy atom. The van der Waals surface area contributed by atoms with Crippen LogP contribution in [0.25, 0.3) is 11.0 Å². The maximum Gasteiger partial charge on any atom is 0.290 e. The predicted molar refractivity (Wildman–Crippen MR) is 118 cm³/mol. The van der Waals surface area contributed by atoms with Crippen LogP contribution in [0.5, 0.6) is 0 Å². The molecule has 1 aliphatic rings. The molecule has 0 saturated carbocycles. The van der Waals surface area contributed by atoms with E-state index < -0.39 is 11.9 Å². The Hall–Kier alpha value is -2.70. The fraction of sp³-hybridized carbons (Fsp3) is 0.333. The van der Waals surface area contributed by atoms with Crippen LogP contribution in [-0.4, -0.2) is 37.0 Å². The fourth-order valence-electron chi connectivity index (χ4n) is 4.35. The first-order chi connectivity index (χ1) is 15.0. The first kappa shape index (κ1) is 21.5. The molecule has 0 aliphatic carbocycles. The number of hydrogen-bond acceptors (Lipinski definition) is 3. The quantitative estimate of drug-likeness (QED) is 0.608. The zero-order valence-corrected chi connectivity index (χ0v) is 18.3. The molecule has 31 heavy (non-hydrogen) atoms. The van der Waals surface area contributed by atoms with Crippen molar-refractivity contribution in [3.05, 3.63) is 80.4 Å². The van der Waals surface area contributed by atoms with E-state index in [9.17, 15) is 14.0 Å². The van der Waals surface area contributed by atoms with E-state index in [4.69, 9.17) is 16.0 Å². The highest BCUT2D eigenvalue weighted by molar-refractivity contribution is 6.31. The topological polar surface area (TPSA) is 55.0 Å². The average molecular weight is 444 g/mol. The lowest BCUT2D eigenvalue weighted by atomic mass is 9.98. The summed E-state index contributed by atoms with van der Waals surface area (Å²) in [5.74, 6) is -0.854. The summed E-state index contributed by atoms with van der Waals surface area (Å²) in [6, 6.07) is 10.1. The van der Waals surface area contributed by atoms with Crippen molar-refractivity contribution in [2.75, 3.05) is 26.2 Å². The van der Waals surface area contributed by atoms with E-state index in [2.05, 4.69) is 13.8 Å². The molecule has 0 spiro atoms. The van der Waals surface area contributed by atoms with E-state index in [0.717, 1.165) is 26.1 Å². The van der Waals surface area contributed by atoms with Crippen LogP contribution in [0.3, 0.4) is 0 Å². The smallest absolute Gasteiger partial charge is 0.290 e. The molecule has 2 aromatic carbocycles. The summed E-state index contributed by atoms with van der Waals surface area (Å²) in [5, 5.41) is 0.681. The fourth-order valence-corrected chi connectivity index (χ4v) is 4.52. The summed E-state index contributed by atoms with van der Waals surface area (Å²) >= 11 is 6.08. The van der Waals surface area contributed by atoms with Crippen LogP contribution in [0.2, 0.25) is 5.02 Å². The van der Waals surface area contributed by atoms with Crippen molar-refractivity contribution in [2.24, 2.45) is 0 Å². The van der Waals surface area contributed by atoms with Gasteiger partial charge in [-0.1, -0.05) is 29.8 Å². The average Bonchev–Trinajstić information content (AvgIpc) is 3.04. The van der Waals surface area contributed by atoms with E-state index >= 15 is 0 Å². The summed E-state index contributed by atoms with van der Waals surface area (Å²) in [7, 11) is 0. The third-order valence-electron chi connectivity index (χ3n) is 6.06. The first-order valence-electron chi connectivity index (χ1n) is 10.6. The van der Waals surface area contributed by atoms with Crippen molar-refractivity contribution < 1.29 is 18.5 Å². The molecule has 0 fully saturated rings. The largest absolute Gasteiger partial charge is 0.450 e. The molecule has 0 radical (unpaired) electrons. The van der Waals surface area contributed by atoms with E-state index in [1.54, 1.807) is 35.2 Å². The molecule has 0 saturated heterocycles. The van der Waals surface area contributed by atoms with Crippen LogP contribution in [0.4, 0.5) is 4.39 Å². The van der Waals surface area contributed by atoms with Crippen molar-refractivity contribution in [1.82, 2.24) is 4.90 Å². The van der Waals surface area contributed by atoms with Crippen molar-refractivity contribution in [3.63, 3.8) is 0 Å². The molecule has 162 valence electrons. The molecule has 0 bridgehead atoms. The molecule has 1 N–H and O–H groups in total. The van der Waals surface area contributed by atoms with Gasteiger partial charge in [0.05, 0.1) is 36.6 Å². The second-order valence-electron chi connectivity index (χ2n) is 7.80. The van der Waals surface area contributed by atoms with Gasteiger partial charge in [-0.25, -0.2) is 4.39 Å². The zero-order valence-electron chi connectivity index (χ0n) is 17.6. The van der Waals surface area contributed by atoms with Gasteiger partial charge in [0.1, 0.15) is 11.4 Å². The monoisotopic (exact) mass is 443 g/mol. The summed E-state index contributed by atoms with van der Waals surface area (Å²) in [6.45, 7) is 7.52. The van der Waals surface area contributed by atoms with Gasteiger partial charge in [0, 0.05) is 23.6 Å². The van der Waals surface area contributed by atoms with Gasteiger partial charge in [-0.3, -0.25) is 9.59 Å². The zero-order chi connectivity index (χ0) is 22.1. The Morgan fingerprint density at radius 3 is 2.58 bits per heavy atom. The van der Waals surface area contributed by atoms with Crippen molar-refractivity contribution >= 4 is 28.5 Å². The maximum absolute atomic E-state index is 14.8. The number of quaternary nitrogens is 1. The Bertz CT molecular complexity index is 1190. The predicted octanol–water partition coefficient (Wildman–Crippen LogP) is 3.45. The summed E-state index contributed by atoms with van der Waals surface area (Å²) in [5.41, 5.74) is 0.416. The summed E-state index contributed by atoms with van der Waals surface area (Å²) < 4.78 is 20.7. The van der Waals surface area contributed by atoms with Gasteiger partial charge in [-0.2, -0.15) is 0 Å². The summed E-state index contributed by atoms with van der Waals surface area (Å²) in [6.07, 6.45) is 0.737. The number of fused-ring (bicyclic) bond motifs is 2. The van der Waals surface area contributed by atoms with Gasteiger partial charge in [0.2, 0.25) is 5.76 Å². The maximum atomic E-state index is 14.8. The molecular weight excluding hydrogens is 419 g/mol. The van der Waals surface area contributed by atoms with E-state index in [-0.39, 0.29) is 28.0 Å². The van der Waals surface area contributed by atoms with Crippen molar-refractivity contribution in [2.45, 2.75) is 26.3 Å². The minimum atomic E-state index is -0.824. The number of hydrogen-bond donors (Lipinski definition) is 1. The van der Waals surface area contributed by atoms with Crippen LogP contribution in [0.1, 0.15) is 48.0 Å². The highest BCUT2D eigenvalue weighted by Crippen LogP contribution is 2.39. The molecule has 4 rings (SSSR count). The number of benzene rings is 2. The SMILES string of the molecule is CC[NH+](CC)CCCN1C(=O)c2oc3ccc(Cl)cc3c(=O)c2[C@@H]1c1ccccc1F. The molecule has 5 nitrogen and oxygen atoms in total. The molecule has 1 aromatic heterocycles. The Balaban J connectivity index is 1.82. The van der Waals surface area contributed by atoms with E-state index in [1.165, 1.54) is 17.0 Å². The van der Waals surface area contributed by atoms with Gasteiger partial charge in [0.25, 0.3) is 5.91 Å². The molecule has 1 atom stereocenters. The molecule has 3 aromatic rings. The number of halogens is 2. The van der Waals surface area contributed by atoms with Crippen LogP contribution in [0, 0.1) is 5.82 Å². The molecular formula is C24H25ClFN2O3+. The lowest BCUT2D eigenvalue weighted by molar-refractivity contribution is -0.896. The van der Waals surface area contributed by atoms with Crippen LogP contribution < -0.4 is 10.3 Å². The number of carbonyl (C=O) groups is 1. The van der Waals surface area contributed by atoms with Crippen LogP contribution in [-0.2, 0) is 0 Å². The normalized spacial score (nSPS) is 15.8. The number of rotatable bonds is 7. The molecule has 1 aliphatic heterocycles. The Kier molecular flexibility index (Phi) is 6.12. The number of carbonyl (C=O) groups excluding carboxylic acids is 1. The van der Waals surface area contributed by atoms with Gasteiger partial charge >= 0.3 is 0 Å². The minimum Gasteiger partial charge on any atom is -0.450 e. The van der Waals surface area contributed by atoms with Crippen molar-refractivity contribution in [3.8, 4) is 0 Å². The third kappa shape index (κ3) is 3.86. The van der Waals surface area contributed by atoms with Crippen LogP contribution in [0.15, 0.2) is 51.7 Å². The third-order valence-corrected chi connectivity index (χ3v) is 6.29. The second kappa shape index (κ2) is 8.81. The minimum absolute atomic E-state index is 0.0109. The summed E-state index contributed by atoms with van der Waals surface area (Å²) in [4.78, 5) is 29.7. The number of nitrogens with zero attached hydrogens (tertiary/aromatic N) is 1. The van der Waals surface area contributed by atoms with Gasteiger partial charge in [0.15, 0.2) is 5.43 Å². The second-order valence-corrected chi connectivity index (χ2v) is 8.23. The lowest BCUT2D eigenvalue weighted by Gasteiger charge is -2.26. The van der Waals surface area contributed by atoms with Crippen LogP contribution >= 0.6 is 11.6 Å². The van der Waals surface area contributed by atoms with E-state index in [1.807, 2.05) is 0 Å². The Morgan fingerprint density at radius 1 is 1.13 bits per heavy atom. The number of amides is 1. The first-order valence-corrected chi connectivity index (χ1v) is 11.0. The standard InChI is InChI=1S/C24H24ClFN2O3/c1-3-27(4-2)12-7-13-28-21(16-8-5-6-9-18(16)26)20-22(29)17-14-15(25)10-11-19(17)31-23(20)24(28)30/h5-6,8-11,14,21H,3-4,7,12-13H2,1-2H3/p+1/t21-/m0/s1. The van der Waals surface area contributed by atoms with Crippen molar-refractivity contribution in [1.29, 1.82) is 0 Å². The van der Waals surface area contributed by atoms with E-state index in [0.29, 0.717) is 22.7 Å². The highest BCUT2D eigenvalue weighted by atomic mass is 35.5. The molecule has 2 heterocycles. The molecule has 0 unspecified atom stereocenters. The number of nitrogens with one attached hydrogen (secondary N) is 1. The highest BCUT2D eigenvalue weighted by Gasteiger charge is 2.43. The van der Waals surface area contributed by atoms with Gasteiger partial charge in [-0.15, -0.1) is 0 Å². The van der Waals surface area contributed by atoms with Gasteiger partial charge in [-0.05, 0) is 38.1 Å². The molecule has 1 amide bonds.